The molecule has 38 heavy (non-hydrogen) atoms. The molecule has 2 atom stereocenters. The van der Waals surface area contributed by atoms with Crippen LogP contribution in [0.5, 0.6) is 11.5 Å². The smallest absolute Gasteiger partial charge is 0.237 e. The fourth-order valence-electron chi connectivity index (χ4n) is 4.69. The number of hydrogen-bond donors (Lipinski definition) is 1. The van der Waals surface area contributed by atoms with Crippen LogP contribution in [0.25, 0.3) is 0 Å². The number of fused-ring (bicyclic) bond motifs is 1. The van der Waals surface area contributed by atoms with Crippen molar-refractivity contribution in [3.63, 3.8) is 0 Å². The van der Waals surface area contributed by atoms with E-state index < -0.39 is 6.10 Å². The third-order valence-corrected chi connectivity index (χ3v) is 7.51. The number of rotatable bonds is 14. The van der Waals surface area contributed by atoms with E-state index in [9.17, 15) is 9.90 Å². The molecule has 2 heterocycles. The summed E-state index contributed by atoms with van der Waals surface area (Å²) < 4.78 is 17.3. The number of aliphatic hydroxyl groups excluding tert-OH is 1. The van der Waals surface area contributed by atoms with Crippen molar-refractivity contribution in [3.8, 4) is 11.5 Å². The Labute approximate surface area is 228 Å². The van der Waals surface area contributed by atoms with Gasteiger partial charge in [0.2, 0.25) is 5.91 Å². The van der Waals surface area contributed by atoms with Crippen molar-refractivity contribution in [2.45, 2.75) is 25.2 Å². The van der Waals surface area contributed by atoms with Gasteiger partial charge in [-0.05, 0) is 41.1 Å². The van der Waals surface area contributed by atoms with Crippen molar-refractivity contribution in [1.29, 1.82) is 0 Å². The molecule has 3 aromatic rings. The summed E-state index contributed by atoms with van der Waals surface area (Å²) in [5, 5.41) is 12.7. The third-order valence-electron chi connectivity index (χ3n) is 6.52. The Kier molecular flexibility index (Phi) is 10.3. The lowest BCUT2D eigenvalue weighted by Gasteiger charge is -2.37. The van der Waals surface area contributed by atoms with Crippen LogP contribution in [0.15, 0.2) is 78.7 Å². The van der Waals surface area contributed by atoms with Crippen molar-refractivity contribution >= 4 is 17.2 Å². The second-order valence-corrected chi connectivity index (χ2v) is 10.3. The maximum Gasteiger partial charge on any atom is 0.237 e. The first kappa shape index (κ1) is 27.9. The molecule has 0 saturated heterocycles. The molecular weight excluding hydrogens is 500 g/mol. The minimum Gasteiger partial charge on any atom is -0.493 e. The number of amides is 1. The van der Waals surface area contributed by atoms with Gasteiger partial charge in [-0.1, -0.05) is 48.5 Å². The Morgan fingerprint density at radius 2 is 1.95 bits per heavy atom. The van der Waals surface area contributed by atoms with Crippen molar-refractivity contribution in [3.05, 3.63) is 94.7 Å². The lowest BCUT2D eigenvalue weighted by Crippen LogP contribution is -2.48. The highest BCUT2D eigenvalue weighted by Gasteiger charge is 2.33. The molecule has 2 unspecified atom stereocenters. The molecule has 1 amide bonds. The van der Waals surface area contributed by atoms with Crippen LogP contribution in [0.1, 0.15) is 22.0 Å². The number of carbonyl (C=O) groups excluding carboxylic acids is 1. The molecule has 0 spiro atoms. The summed E-state index contributed by atoms with van der Waals surface area (Å²) in [5.41, 5.74) is 2.19. The summed E-state index contributed by atoms with van der Waals surface area (Å²) >= 11 is 1.72. The first-order valence-corrected chi connectivity index (χ1v) is 13.7. The zero-order valence-electron chi connectivity index (χ0n) is 21.8. The molecule has 0 fully saturated rings. The molecule has 7 nitrogen and oxygen atoms in total. The normalized spacial score (nSPS) is 15.7. The van der Waals surface area contributed by atoms with Gasteiger partial charge in [0, 0.05) is 24.5 Å². The summed E-state index contributed by atoms with van der Waals surface area (Å²) in [6, 6.07) is 19.3. The molecule has 202 valence electrons. The molecule has 2 aromatic carbocycles. The van der Waals surface area contributed by atoms with Gasteiger partial charge in [-0.15, -0.1) is 17.9 Å². The first-order valence-electron chi connectivity index (χ1n) is 12.8. The molecule has 1 aliphatic heterocycles. The van der Waals surface area contributed by atoms with E-state index in [1.807, 2.05) is 64.4 Å². The molecular formula is C30H36N2O5S. The maximum atomic E-state index is 13.6. The summed E-state index contributed by atoms with van der Waals surface area (Å²) in [6.45, 7) is 6.38. The van der Waals surface area contributed by atoms with Gasteiger partial charge in [-0.2, -0.15) is 0 Å². The monoisotopic (exact) mass is 536 g/mol. The van der Waals surface area contributed by atoms with Crippen LogP contribution in [-0.4, -0.2) is 73.4 Å². The highest BCUT2D eigenvalue weighted by molar-refractivity contribution is 7.10. The van der Waals surface area contributed by atoms with Gasteiger partial charge in [0.15, 0.2) is 11.5 Å². The quantitative estimate of drug-likeness (QED) is 0.310. The fraction of sp³-hybridized carbons (Fsp3) is 0.367. The van der Waals surface area contributed by atoms with E-state index in [2.05, 4.69) is 18.0 Å². The second-order valence-electron chi connectivity index (χ2n) is 9.25. The molecule has 8 heteroatoms. The second kappa shape index (κ2) is 14.1. The summed E-state index contributed by atoms with van der Waals surface area (Å²) in [5.74, 6) is 1.30. The van der Waals surface area contributed by atoms with Crippen LogP contribution >= 0.6 is 11.3 Å². The molecule has 1 aliphatic rings. The van der Waals surface area contributed by atoms with E-state index in [0.29, 0.717) is 44.3 Å². The summed E-state index contributed by atoms with van der Waals surface area (Å²) in [4.78, 5) is 18.7. The Balaban J connectivity index is 1.37. The molecule has 0 aliphatic carbocycles. The fourth-order valence-corrected chi connectivity index (χ4v) is 5.62. The van der Waals surface area contributed by atoms with Gasteiger partial charge < -0.3 is 24.2 Å². The number of thiophene rings is 1. The van der Waals surface area contributed by atoms with Crippen LogP contribution in [0.4, 0.5) is 0 Å². The Morgan fingerprint density at radius 1 is 1.18 bits per heavy atom. The highest BCUT2D eigenvalue weighted by atomic mass is 32.1. The van der Waals surface area contributed by atoms with Crippen molar-refractivity contribution in [1.82, 2.24) is 9.80 Å². The maximum absolute atomic E-state index is 13.6. The molecule has 1 aromatic heterocycles. The number of benzene rings is 2. The average Bonchev–Trinajstić information content (AvgIpc) is 3.42. The van der Waals surface area contributed by atoms with E-state index in [1.165, 1.54) is 4.88 Å². The van der Waals surface area contributed by atoms with Crippen molar-refractivity contribution in [2.24, 2.45) is 0 Å². The van der Waals surface area contributed by atoms with Crippen LogP contribution in [0, 0.1) is 0 Å². The Hall–Kier alpha value is -3.17. The number of ether oxygens (including phenoxy) is 3. The lowest BCUT2D eigenvalue weighted by molar-refractivity contribution is -0.136. The van der Waals surface area contributed by atoms with Gasteiger partial charge >= 0.3 is 0 Å². The van der Waals surface area contributed by atoms with E-state index in [4.69, 9.17) is 14.2 Å². The van der Waals surface area contributed by atoms with Crippen molar-refractivity contribution in [2.75, 3.05) is 46.5 Å². The highest BCUT2D eigenvalue weighted by Crippen LogP contribution is 2.35. The van der Waals surface area contributed by atoms with Gasteiger partial charge in [-0.25, -0.2) is 0 Å². The number of methoxy groups -OCH3 is 1. The zero-order chi connectivity index (χ0) is 26.7. The van der Waals surface area contributed by atoms with Gasteiger partial charge in [0.05, 0.1) is 39.0 Å². The van der Waals surface area contributed by atoms with E-state index in [0.717, 1.165) is 17.5 Å². The molecule has 1 N–H and O–H groups in total. The summed E-state index contributed by atoms with van der Waals surface area (Å²) in [7, 11) is 1.62. The predicted molar refractivity (Wildman–Crippen MR) is 150 cm³/mol. The Bertz CT molecular complexity index is 1170. The molecule has 0 saturated carbocycles. The van der Waals surface area contributed by atoms with E-state index in [1.54, 1.807) is 24.5 Å². The largest absolute Gasteiger partial charge is 0.493 e. The number of aliphatic hydroxyl groups is 1. The number of hydrogen-bond acceptors (Lipinski definition) is 7. The minimum atomic E-state index is -0.721. The Morgan fingerprint density at radius 3 is 2.71 bits per heavy atom. The predicted octanol–water partition coefficient (Wildman–Crippen LogP) is 4.33. The molecule has 0 bridgehead atoms. The van der Waals surface area contributed by atoms with E-state index >= 15 is 0 Å². The van der Waals surface area contributed by atoms with Crippen LogP contribution < -0.4 is 9.47 Å². The van der Waals surface area contributed by atoms with E-state index in [-0.39, 0.29) is 25.1 Å². The van der Waals surface area contributed by atoms with Crippen LogP contribution in [0.3, 0.4) is 0 Å². The zero-order valence-corrected chi connectivity index (χ0v) is 22.6. The number of nitrogens with zero attached hydrogens (tertiary/aromatic N) is 2. The average molecular weight is 537 g/mol. The summed E-state index contributed by atoms with van der Waals surface area (Å²) in [6.07, 6.45) is 1.85. The molecule has 0 radical (unpaired) electrons. The minimum absolute atomic E-state index is 0.00488. The number of carbonyl (C=O) groups is 1. The first-order chi connectivity index (χ1) is 18.6. The molecule has 4 rings (SSSR count). The van der Waals surface area contributed by atoms with Crippen molar-refractivity contribution < 1.29 is 24.1 Å². The number of para-hydroxylation sites is 2. The lowest BCUT2D eigenvalue weighted by atomic mass is 10.0. The topological polar surface area (TPSA) is 71.5 Å². The van der Waals surface area contributed by atoms with Gasteiger partial charge in [-0.3, -0.25) is 9.69 Å². The van der Waals surface area contributed by atoms with Gasteiger partial charge in [0.25, 0.3) is 0 Å². The SMILES string of the molecule is C=CCN(CC(=O)N1CCc2sccc2C1COc1ccccc1OC)CC(O)COCc1ccccc1. The van der Waals surface area contributed by atoms with Crippen LogP contribution in [0.2, 0.25) is 0 Å². The third kappa shape index (κ3) is 7.45. The van der Waals surface area contributed by atoms with Crippen LogP contribution in [-0.2, 0) is 22.6 Å². The van der Waals surface area contributed by atoms with Gasteiger partial charge in [0.1, 0.15) is 6.61 Å². The standard InChI is InChI=1S/C30H36N2O5S/c1-3-15-31(18-24(33)21-36-20-23-9-5-4-6-10-23)19-30(34)32-16-13-29-25(14-17-38-29)26(32)22-37-28-12-8-7-11-27(28)35-2/h3-12,14,17,24,26,33H,1,13,15-16,18-22H2,2H3.